The van der Waals surface area contributed by atoms with Crippen LogP contribution in [0.2, 0.25) is 10.0 Å². The molecular weight excluding hydrogens is 247 g/mol. The van der Waals surface area contributed by atoms with Gasteiger partial charge in [-0.15, -0.1) is 0 Å². The highest BCUT2D eigenvalue weighted by molar-refractivity contribution is 6.38. The molecule has 0 spiro atoms. The van der Waals surface area contributed by atoms with Crippen molar-refractivity contribution in [1.29, 1.82) is 0 Å². The van der Waals surface area contributed by atoms with Crippen LogP contribution >= 0.6 is 23.2 Å². The van der Waals surface area contributed by atoms with Crippen LogP contribution in [0.15, 0.2) is 41.3 Å². The second-order valence-corrected chi connectivity index (χ2v) is 4.06. The number of pyridine rings is 1. The highest BCUT2D eigenvalue weighted by Crippen LogP contribution is 2.30. The van der Waals surface area contributed by atoms with Gasteiger partial charge < -0.3 is 5.73 Å². The molecule has 0 aliphatic carbocycles. The van der Waals surface area contributed by atoms with E-state index in [1.165, 1.54) is 10.6 Å². The molecule has 2 rings (SSSR count). The molecule has 0 aliphatic rings. The summed E-state index contributed by atoms with van der Waals surface area (Å²) in [4.78, 5) is 11.6. The lowest BCUT2D eigenvalue weighted by Gasteiger charge is -2.10. The Labute approximate surface area is 102 Å². The summed E-state index contributed by atoms with van der Waals surface area (Å²) in [5.41, 5.74) is 6.30. The van der Waals surface area contributed by atoms with E-state index in [0.717, 1.165) is 0 Å². The van der Waals surface area contributed by atoms with E-state index in [4.69, 9.17) is 28.9 Å². The third-order valence-electron chi connectivity index (χ3n) is 2.10. The van der Waals surface area contributed by atoms with E-state index in [0.29, 0.717) is 21.4 Å². The quantitative estimate of drug-likeness (QED) is 0.796. The second-order valence-electron chi connectivity index (χ2n) is 3.24. The van der Waals surface area contributed by atoms with Gasteiger partial charge in [0.1, 0.15) is 0 Å². The molecule has 5 heteroatoms. The van der Waals surface area contributed by atoms with Gasteiger partial charge in [0, 0.05) is 18.0 Å². The first-order valence-corrected chi connectivity index (χ1v) is 5.28. The van der Waals surface area contributed by atoms with E-state index < -0.39 is 0 Å². The molecule has 82 valence electrons. The molecule has 2 aromatic rings. The fourth-order valence-electron chi connectivity index (χ4n) is 1.43. The third kappa shape index (κ3) is 1.92. The van der Waals surface area contributed by atoms with Crippen molar-refractivity contribution in [3.05, 3.63) is 56.9 Å². The Balaban J connectivity index is 2.75. The van der Waals surface area contributed by atoms with Crippen molar-refractivity contribution in [2.75, 3.05) is 5.73 Å². The zero-order valence-corrected chi connectivity index (χ0v) is 9.66. The minimum atomic E-state index is -0.198. The highest BCUT2D eigenvalue weighted by Gasteiger charge is 2.10. The summed E-state index contributed by atoms with van der Waals surface area (Å²) in [6, 6.07) is 7.93. The number of rotatable bonds is 1. The molecule has 16 heavy (non-hydrogen) atoms. The van der Waals surface area contributed by atoms with Crippen molar-refractivity contribution in [1.82, 2.24) is 4.57 Å². The Hall–Kier alpha value is -1.45. The molecule has 0 saturated carbocycles. The Bertz CT molecular complexity index is 570. The zero-order valence-electron chi connectivity index (χ0n) is 8.15. The van der Waals surface area contributed by atoms with Crippen molar-refractivity contribution in [3.63, 3.8) is 0 Å². The topological polar surface area (TPSA) is 48.0 Å². The predicted molar refractivity (Wildman–Crippen MR) is 66.5 cm³/mol. The monoisotopic (exact) mass is 254 g/mol. The molecule has 0 bridgehead atoms. The Morgan fingerprint density at radius 2 is 1.75 bits per heavy atom. The Kier molecular flexibility index (Phi) is 2.90. The van der Waals surface area contributed by atoms with Crippen molar-refractivity contribution in [2.24, 2.45) is 0 Å². The van der Waals surface area contributed by atoms with Gasteiger partial charge in [-0.2, -0.15) is 0 Å². The molecule has 1 aromatic heterocycles. The Morgan fingerprint density at radius 3 is 2.31 bits per heavy atom. The molecule has 3 nitrogen and oxygen atoms in total. The summed E-state index contributed by atoms with van der Waals surface area (Å²) in [6.45, 7) is 0. The number of nitrogens with zero attached hydrogens (tertiary/aromatic N) is 1. The maximum Gasteiger partial charge on any atom is 0.255 e. The van der Waals surface area contributed by atoms with Crippen LogP contribution < -0.4 is 11.3 Å². The summed E-state index contributed by atoms with van der Waals surface area (Å²) < 4.78 is 1.38. The predicted octanol–water partition coefficient (Wildman–Crippen LogP) is 2.73. The lowest BCUT2D eigenvalue weighted by atomic mass is 10.2. The second kappa shape index (κ2) is 4.20. The van der Waals surface area contributed by atoms with E-state index >= 15 is 0 Å². The number of nitrogen functional groups attached to an aromatic ring is 1. The van der Waals surface area contributed by atoms with E-state index in [9.17, 15) is 4.79 Å². The molecule has 0 aliphatic heterocycles. The summed E-state index contributed by atoms with van der Waals surface area (Å²) in [7, 11) is 0. The van der Waals surface area contributed by atoms with Gasteiger partial charge in [0.05, 0.1) is 15.7 Å². The average molecular weight is 255 g/mol. The van der Waals surface area contributed by atoms with Crippen LogP contribution in [0.1, 0.15) is 0 Å². The maximum absolute atomic E-state index is 11.6. The summed E-state index contributed by atoms with van der Waals surface area (Å²) in [5, 5.41) is 0.691. The molecule has 0 atom stereocenters. The van der Waals surface area contributed by atoms with Crippen LogP contribution in [-0.4, -0.2) is 4.57 Å². The fourth-order valence-corrected chi connectivity index (χ4v) is 2.11. The molecule has 1 aromatic carbocycles. The molecular formula is C11H8Cl2N2O. The van der Waals surface area contributed by atoms with Crippen LogP contribution in [0.3, 0.4) is 0 Å². The number of benzene rings is 1. The first-order chi connectivity index (χ1) is 7.59. The van der Waals surface area contributed by atoms with Crippen LogP contribution in [0.4, 0.5) is 5.69 Å². The maximum atomic E-state index is 11.6. The molecule has 0 unspecified atom stereocenters. The SMILES string of the molecule is Nc1cc(Cl)c(-n2ccccc2=O)c(Cl)c1. The average Bonchev–Trinajstić information content (AvgIpc) is 2.19. The number of hydrogen-bond donors (Lipinski definition) is 1. The van der Waals surface area contributed by atoms with Crippen molar-refractivity contribution in [3.8, 4) is 5.69 Å². The van der Waals surface area contributed by atoms with Crippen LogP contribution in [-0.2, 0) is 0 Å². The van der Waals surface area contributed by atoms with Gasteiger partial charge in [-0.25, -0.2) is 0 Å². The largest absolute Gasteiger partial charge is 0.399 e. The number of halogens is 2. The fraction of sp³-hybridized carbons (Fsp3) is 0. The normalized spacial score (nSPS) is 10.4. The first-order valence-electron chi connectivity index (χ1n) is 4.52. The van der Waals surface area contributed by atoms with E-state index in [1.54, 1.807) is 30.5 Å². The molecule has 0 saturated heterocycles. The number of hydrogen-bond acceptors (Lipinski definition) is 2. The minimum absolute atomic E-state index is 0.198. The number of anilines is 1. The number of nitrogens with two attached hydrogens (primary N) is 1. The molecule has 0 radical (unpaired) electrons. The van der Waals surface area contributed by atoms with E-state index in [-0.39, 0.29) is 5.56 Å². The van der Waals surface area contributed by atoms with Crippen molar-refractivity contribution in [2.45, 2.75) is 0 Å². The first kappa shape index (κ1) is 11.0. The number of aromatic nitrogens is 1. The lowest BCUT2D eigenvalue weighted by molar-refractivity contribution is 0.991. The van der Waals surface area contributed by atoms with E-state index in [1.807, 2.05) is 0 Å². The minimum Gasteiger partial charge on any atom is -0.399 e. The lowest BCUT2D eigenvalue weighted by Crippen LogP contribution is -2.16. The van der Waals surface area contributed by atoms with Gasteiger partial charge in [-0.05, 0) is 18.2 Å². The van der Waals surface area contributed by atoms with Gasteiger partial charge in [-0.1, -0.05) is 29.3 Å². The zero-order chi connectivity index (χ0) is 11.7. The Morgan fingerprint density at radius 1 is 1.12 bits per heavy atom. The van der Waals surface area contributed by atoms with Gasteiger partial charge in [-0.3, -0.25) is 9.36 Å². The van der Waals surface area contributed by atoms with Crippen LogP contribution in [0.5, 0.6) is 0 Å². The highest BCUT2D eigenvalue weighted by atomic mass is 35.5. The van der Waals surface area contributed by atoms with Gasteiger partial charge in [0.15, 0.2) is 0 Å². The van der Waals surface area contributed by atoms with E-state index in [2.05, 4.69) is 0 Å². The van der Waals surface area contributed by atoms with Crippen LogP contribution in [0.25, 0.3) is 5.69 Å². The van der Waals surface area contributed by atoms with Gasteiger partial charge in [0.2, 0.25) is 0 Å². The third-order valence-corrected chi connectivity index (χ3v) is 2.68. The van der Waals surface area contributed by atoms with Gasteiger partial charge >= 0.3 is 0 Å². The standard InChI is InChI=1S/C11H8Cl2N2O/c12-8-5-7(14)6-9(13)11(8)15-4-2-1-3-10(15)16/h1-6H,14H2. The van der Waals surface area contributed by atoms with Crippen molar-refractivity contribution < 1.29 is 0 Å². The van der Waals surface area contributed by atoms with Crippen LogP contribution in [0, 0.1) is 0 Å². The van der Waals surface area contributed by atoms with Crippen molar-refractivity contribution >= 4 is 28.9 Å². The molecule has 0 amide bonds. The summed E-state index contributed by atoms with van der Waals surface area (Å²) in [5.74, 6) is 0. The molecule has 2 N–H and O–H groups in total. The molecule has 1 heterocycles. The smallest absolute Gasteiger partial charge is 0.255 e. The molecule has 0 fully saturated rings. The summed E-state index contributed by atoms with van der Waals surface area (Å²) >= 11 is 12.0. The van der Waals surface area contributed by atoms with Gasteiger partial charge in [0.25, 0.3) is 5.56 Å². The summed E-state index contributed by atoms with van der Waals surface area (Å²) in [6.07, 6.45) is 1.60.